The Balaban J connectivity index is 1.89. The van der Waals surface area contributed by atoms with Gasteiger partial charge in [-0.15, -0.1) is 0 Å². The van der Waals surface area contributed by atoms with Crippen molar-refractivity contribution in [1.82, 2.24) is 9.29 Å². The molecular formula is C18H18F3N3O4S. The number of amides is 1. The summed E-state index contributed by atoms with van der Waals surface area (Å²) in [6.45, 7) is 0.0915. The Bertz CT molecular complexity index is 1050. The zero-order valence-electron chi connectivity index (χ0n) is 15.1. The SMILES string of the molecule is O=C(Nc1cc(C(F)(F)F)c[nH]c1=O)C1CCCCN1S(=O)(=O)c1ccccc1. The van der Waals surface area contributed by atoms with Crippen LogP contribution >= 0.6 is 0 Å². The van der Waals surface area contributed by atoms with Gasteiger partial charge in [0.1, 0.15) is 11.7 Å². The Labute approximate surface area is 164 Å². The topological polar surface area (TPSA) is 99.3 Å². The molecule has 0 radical (unpaired) electrons. The van der Waals surface area contributed by atoms with Gasteiger partial charge in [-0.2, -0.15) is 17.5 Å². The molecule has 156 valence electrons. The molecule has 0 spiro atoms. The minimum Gasteiger partial charge on any atom is -0.327 e. The number of aromatic nitrogens is 1. The summed E-state index contributed by atoms with van der Waals surface area (Å²) in [5.41, 5.74) is -2.64. The van der Waals surface area contributed by atoms with E-state index in [4.69, 9.17) is 0 Å². The molecule has 0 saturated carbocycles. The summed E-state index contributed by atoms with van der Waals surface area (Å²) in [7, 11) is -3.98. The average molecular weight is 429 g/mol. The van der Waals surface area contributed by atoms with Crippen LogP contribution in [0.2, 0.25) is 0 Å². The highest BCUT2D eigenvalue weighted by Crippen LogP contribution is 2.30. The lowest BCUT2D eigenvalue weighted by molar-refractivity contribution is -0.137. The number of aromatic amines is 1. The number of pyridine rings is 1. The van der Waals surface area contributed by atoms with Crippen LogP contribution in [0.5, 0.6) is 0 Å². The molecule has 11 heteroatoms. The molecule has 0 aliphatic carbocycles. The van der Waals surface area contributed by atoms with Gasteiger partial charge in [-0.25, -0.2) is 8.42 Å². The van der Waals surface area contributed by atoms with Crippen LogP contribution in [0.4, 0.5) is 18.9 Å². The Morgan fingerprint density at radius 2 is 1.86 bits per heavy atom. The molecule has 1 aromatic heterocycles. The van der Waals surface area contributed by atoms with Crippen LogP contribution in [0.15, 0.2) is 52.3 Å². The van der Waals surface area contributed by atoms with Crippen molar-refractivity contribution in [3.8, 4) is 0 Å². The van der Waals surface area contributed by atoms with Crippen molar-refractivity contribution in [3.05, 3.63) is 58.5 Å². The van der Waals surface area contributed by atoms with Gasteiger partial charge < -0.3 is 10.3 Å². The average Bonchev–Trinajstić information content (AvgIpc) is 2.69. The minimum absolute atomic E-state index is 0.0108. The molecule has 1 unspecified atom stereocenters. The van der Waals surface area contributed by atoms with Crippen LogP contribution in [0.25, 0.3) is 0 Å². The Hall–Kier alpha value is -2.66. The number of carbonyl (C=O) groups is 1. The molecule has 1 aromatic carbocycles. The van der Waals surface area contributed by atoms with Crippen molar-refractivity contribution < 1.29 is 26.4 Å². The predicted octanol–water partition coefficient (Wildman–Crippen LogP) is 2.58. The fraction of sp³-hybridized carbons (Fsp3) is 0.333. The van der Waals surface area contributed by atoms with Crippen molar-refractivity contribution in [2.75, 3.05) is 11.9 Å². The first-order chi connectivity index (χ1) is 13.6. The van der Waals surface area contributed by atoms with Crippen LogP contribution in [0, 0.1) is 0 Å². The van der Waals surface area contributed by atoms with E-state index in [1.165, 1.54) is 12.1 Å². The number of alkyl halides is 3. The van der Waals surface area contributed by atoms with Crippen molar-refractivity contribution in [1.29, 1.82) is 0 Å². The van der Waals surface area contributed by atoms with E-state index in [1.54, 1.807) is 18.2 Å². The second-order valence-electron chi connectivity index (χ2n) is 6.56. The van der Waals surface area contributed by atoms with Crippen LogP contribution in [0.3, 0.4) is 0 Å². The van der Waals surface area contributed by atoms with Crippen LogP contribution in [-0.2, 0) is 21.0 Å². The highest BCUT2D eigenvalue weighted by molar-refractivity contribution is 7.89. The molecule has 0 bridgehead atoms. The maximum absolute atomic E-state index is 12.9. The van der Waals surface area contributed by atoms with Crippen LogP contribution in [-0.4, -0.2) is 36.2 Å². The first-order valence-electron chi connectivity index (χ1n) is 8.78. The number of nitrogens with zero attached hydrogens (tertiary/aromatic N) is 1. The van der Waals surface area contributed by atoms with Crippen molar-refractivity contribution in [2.24, 2.45) is 0 Å². The highest BCUT2D eigenvalue weighted by Gasteiger charge is 2.38. The van der Waals surface area contributed by atoms with Gasteiger partial charge in [-0.05, 0) is 31.0 Å². The molecule has 1 atom stereocenters. The van der Waals surface area contributed by atoms with Crippen LogP contribution < -0.4 is 10.9 Å². The molecule has 1 aliphatic heterocycles. The molecule has 1 aliphatic rings. The number of halogens is 3. The lowest BCUT2D eigenvalue weighted by Crippen LogP contribution is -2.50. The van der Waals surface area contributed by atoms with Gasteiger partial charge in [-0.3, -0.25) is 9.59 Å². The highest BCUT2D eigenvalue weighted by atomic mass is 32.2. The second kappa shape index (κ2) is 7.99. The zero-order chi connectivity index (χ0) is 21.2. The van der Waals surface area contributed by atoms with Gasteiger partial charge in [0, 0.05) is 12.7 Å². The number of benzene rings is 1. The maximum atomic E-state index is 12.9. The lowest BCUT2D eigenvalue weighted by atomic mass is 10.0. The number of H-pyrrole nitrogens is 1. The predicted molar refractivity (Wildman–Crippen MR) is 98.7 cm³/mol. The first-order valence-corrected chi connectivity index (χ1v) is 10.2. The third kappa shape index (κ3) is 4.51. The zero-order valence-corrected chi connectivity index (χ0v) is 15.9. The number of hydrogen-bond donors (Lipinski definition) is 2. The van der Waals surface area contributed by atoms with Crippen LogP contribution in [0.1, 0.15) is 24.8 Å². The second-order valence-corrected chi connectivity index (χ2v) is 8.45. The van der Waals surface area contributed by atoms with Gasteiger partial charge in [0.15, 0.2) is 0 Å². The number of sulfonamides is 1. The number of anilines is 1. The minimum atomic E-state index is -4.71. The fourth-order valence-corrected chi connectivity index (χ4v) is 4.82. The monoisotopic (exact) mass is 429 g/mol. The summed E-state index contributed by atoms with van der Waals surface area (Å²) in [5, 5.41) is 2.16. The summed E-state index contributed by atoms with van der Waals surface area (Å²) < 4.78 is 65.5. The molecule has 1 saturated heterocycles. The van der Waals surface area contributed by atoms with Gasteiger partial charge >= 0.3 is 6.18 Å². The van der Waals surface area contributed by atoms with E-state index in [1.807, 2.05) is 4.98 Å². The molecule has 3 rings (SSSR count). The molecule has 2 heterocycles. The van der Waals surface area contributed by atoms with Gasteiger partial charge in [0.25, 0.3) is 5.56 Å². The largest absolute Gasteiger partial charge is 0.417 e. The number of piperidine rings is 1. The normalized spacial score (nSPS) is 18.4. The van der Waals surface area contributed by atoms with E-state index in [-0.39, 0.29) is 17.9 Å². The molecule has 1 fully saturated rings. The maximum Gasteiger partial charge on any atom is 0.417 e. The Morgan fingerprint density at radius 3 is 2.52 bits per heavy atom. The number of hydrogen-bond acceptors (Lipinski definition) is 4. The summed E-state index contributed by atoms with van der Waals surface area (Å²) >= 11 is 0. The summed E-state index contributed by atoms with van der Waals surface area (Å²) in [5.74, 6) is -0.853. The van der Waals surface area contributed by atoms with E-state index in [2.05, 4.69) is 5.32 Å². The standard InChI is InChI=1S/C18H18F3N3O4S/c19-18(20,21)12-10-14(16(25)22-11-12)23-17(26)15-8-4-5-9-24(15)29(27,28)13-6-2-1-3-7-13/h1-3,6-7,10-11,15H,4-5,8-9H2,(H,22,25)(H,23,26). The Kier molecular flexibility index (Phi) is 5.80. The number of rotatable bonds is 4. The third-order valence-corrected chi connectivity index (χ3v) is 6.52. The van der Waals surface area contributed by atoms with Gasteiger partial charge in [0.05, 0.1) is 10.5 Å². The molecule has 2 aromatic rings. The van der Waals surface area contributed by atoms with E-state index in [9.17, 15) is 31.2 Å². The molecular weight excluding hydrogens is 411 g/mol. The first kappa shape index (κ1) is 21.1. The van der Waals surface area contributed by atoms with Crippen molar-refractivity contribution in [2.45, 2.75) is 36.4 Å². The molecule has 7 nitrogen and oxygen atoms in total. The number of carbonyl (C=O) groups excluding carboxylic acids is 1. The summed E-state index contributed by atoms with van der Waals surface area (Å²) in [6.07, 6.45) is -2.91. The van der Waals surface area contributed by atoms with Crippen molar-refractivity contribution >= 4 is 21.6 Å². The molecule has 29 heavy (non-hydrogen) atoms. The molecule has 1 amide bonds. The summed E-state index contributed by atoms with van der Waals surface area (Å²) in [6, 6.07) is 6.94. The molecule has 2 N–H and O–H groups in total. The lowest BCUT2D eigenvalue weighted by Gasteiger charge is -2.33. The van der Waals surface area contributed by atoms with E-state index >= 15 is 0 Å². The smallest absolute Gasteiger partial charge is 0.327 e. The van der Waals surface area contributed by atoms with Crippen molar-refractivity contribution in [3.63, 3.8) is 0 Å². The fourth-order valence-electron chi connectivity index (χ4n) is 3.14. The number of nitrogens with one attached hydrogen (secondary N) is 2. The third-order valence-electron chi connectivity index (χ3n) is 4.59. The van der Waals surface area contributed by atoms with Gasteiger partial charge in [0.2, 0.25) is 15.9 Å². The Morgan fingerprint density at radius 1 is 1.17 bits per heavy atom. The summed E-state index contributed by atoms with van der Waals surface area (Å²) in [4.78, 5) is 26.5. The van der Waals surface area contributed by atoms with E-state index in [0.29, 0.717) is 25.1 Å². The van der Waals surface area contributed by atoms with E-state index < -0.39 is 45.0 Å². The van der Waals surface area contributed by atoms with Gasteiger partial charge in [-0.1, -0.05) is 24.6 Å². The van der Waals surface area contributed by atoms with E-state index in [0.717, 1.165) is 4.31 Å². The quantitative estimate of drug-likeness (QED) is 0.780.